The molecule has 1 atom stereocenters. The van der Waals surface area contributed by atoms with Crippen LogP contribution in [0.15, 0.2) is 48.5 Å². The fourth-order valence-electron chi connectivity index (χ4n) is 2.92. The molecule has 1 aromatic carbocycles. The summed E-state index contributed by atoms with van der Waals surface area (Å²) < 4.78 is 28.0. The SMILES string of the molecule is CN(C(=O)COC(=O)/C=C/c1ccc(-c2ccccc2)s1)[C@H]1CCS(=O)(=O)C1. The number of nitrogens with zero attached hydrogens (tertiary/aromatic N) is 1. The Morgan fingerprint density at radius 3 is 2.64 bits per heavy atom. The number of thiophene rings is 1. The lowest BCUT2D eigenvalue weighted by Gasteiger charge is -2.22. The van der Waals surface area contributed by atoms with E-state index < -0.39 is 28.3 Å². The highest BCUT2D eigenvalue weighted by molar-refractivity contribution is 7.91. The van der Waals surface area contributed by atoms with Crippen LogP contribution in [-0.4, -0.2) is 56.4 Å². The van der Waals surface area contributed by atoms with Gasteiger partial charge in [-0.3, -0.25) is 4.79 Å². The van der Waals surface area contributed by atoms with Crippen molar-refractivity contribution < 1.29 is 22.7 Å². The number of rotatable bonds is 6. The molecule has 2 aromatic rings. The van der Waals surface area contributed by atoms with E-state index in [0.29, 0.717) is 6.42 Å². The van der Waals surface area contributed by atoms with Crippen molar-refractivity contribution in [1.29, 1.82) is 0 Å². The third kappa shape index (κ3) is 5.30. The van der Waals surface area contributed by atoms with E-state index in [1.807, 2.05) is 42.5 Å². The van der Waals surface area contributed by atoms with E-state index in [0.717, 1.165) is 15.3 Å². The van der Waals surface area contributed by atoms with E-state index in [1.54, 1.807) is 17.4 Å². The van der Waals surface area contributed by atoms with Crippen molar-refractivity contribution in [1.82, 2.24) is 4.90 Å². The third-order valence-corrected chi connectivity index (χ3v) is 7.41. The molecule has 0 unspecified atom stereocenters. The zero-order valence-corrected chi connectivity index (χ0v) is 17.0. The average molecular weight is 420 g/mol. The lowest BCUT2D eigenvalue weighted by Crippen LogP contribution is -2.40. The molecule has 1 aromatic heterocycles. The lowest BCUT2D eigenvalue weighted by atomic mass is 10.2. The van der Waals surface area contributed by atoms with E-state index in [9.17, 15) is 18.0 Å². The van der Waals surface area contributed by atoms with Gasteiger partial charge in [-0.1, -0.05) is 30.3 Å². The van der Waals surface area contributed by atoms with Crippen LogP contribution >= 0.6 is 11.3 Å². The fraction of sp³-hybridized carbons (Fsp3) is 0.300. The van der Waals surface area contributed by atoms with Gasteiger partial charge in [-0.05, 0) is 30.2 Å². The molecular weight excluding hydrogens is 398 g/mol. The van der Waals surface area contributed by atoms with Gasteiger partial charge in [0.05, 0.1) is 11.5 Å². The maximum atomic E-state index is 12.1. The smallest absolute Gasteiger partial charge is 0.331 e. The molecule has 1 aliphatic rings. The number of sulfone groups is 1. The first kappa shape index (κ1) is 20.3. The van der Waals surface area contributed by atoms with Crippen LogP contribution in [0.5, 0.6) is 0 Å². The molecule has 0 bridgehead atoms. The fourth-order valence-corrected chi connectivity index (χ4v) is 5.61. The molecule has 1 saturated heterocycles. The quantitative estimate of drug-likeness (QED) is 0.531. The Kier molecular flexibility index (Phi) is 6.31. The number of carbonyl (C=O) groups is 2. The lowest BCUT2D eigenvalue weighted by molar-refractivity contribution is -0.148. The van der Waals surface area contributed by atoms with Crippen LogP contribution in [0.25, 0.3) is 16.5 Å². The van der Waals surface area contributed by atoms with Crippen LogP contribution in [0.1, 0.15) is 11.3 Å². The predicted molar refractivity (Wildman–Crippen MR) is 110 cm³/mol. The molecule has 1 aliphatic heterocycles. The molecular formula is C20H21NO5S2. The summed E-state index contributed by atoms with van der Waals surface area (Å²) in [6.45, 7) is -0.407. The second kappa shape index (κ2) is 8.70. The van der Waals surface area contributed by atoms with E-state index in [-0.39, 0.29) is 17.5 Å². The van der Waals surface area contributed by atoms with Crippen molar-refractivity contribution in [2.45, 2.75) is 12.5 Å². The van der Waals surface area contributed by atoms with Crippen LogP contribution in [0.3, 0.4) is 0 Å². The van der Waals surface area contributed by atoms with Crippen LogP contribution in [0, 0.1) is 0 Å². The number of benzene rings is 1. The zero-order chi connectivity index (χ0) is 20.1. The highest BCUT2D eigenvalue weighted by Gasteiger charge is 2.32. The molecule has 0 spiro atoms. The van der Waals surface area contributed by atoms with Gasteiger partial charge in [-0.25, -0.2) is 13.2 Å². The molecule has 2 heterocycles. The first-order chi connectivity index (χ1) is 13.3. The Balaban J connectivity index is 1.49. The van der Waals surface area contributed by atoms with Crippen molar-refractivity contribution in [3.05, 3.63) is 53.4 Å². The molecule has 0 saturated carbocycles. The number of ether oxygens (including phenoxy) is 1. The van der Waals surface area contributed by atoms with Gasteiger partial charge >= 0.3 is 5.97 Å². The minimum Gasteiger partial charge on any atom is -0.452 e. The topological polar surface area (TPSA) is 80.8 Å². The monoisotopic (exact) mass is 419 g/mol. The summed E-state index contributed by atoms with van der Waals surface area (Å²) in [5.74, 6) is -0.976. The highest BCUT2D eigenvalue weighted by Crippen LogP contribution is 2.28. The number of amides is 1. The van der Waals surface area contributed by atoms with Gasteiger partial charge in [0.15, 0.2) is 16.4 Å². The van der Waals surface area contributed by atoms with Gasteiger partial charge in [0.25, 0.3) is 5.91 Å². The molecule has 3 rings (SSSR count). The standard InChI is InChI=1S/C20H21NO5S2/c1-21(16-11-12-28(24,25)14-16)19(22)13-26-20(23)10-8-17-7-9-18(27-17)15-5-3-2-4-6-15/h2-10,16H,11-14H2,1H3/b10-8+/t16-/m0/s1. The van der Waals surface area contributed by atoms with Crippen LogP contribution in [0.4, 0.5) is 0 Å². The van der Waals surface area contributed by atoms with Crippen LogP contribution in [-0.2, 0) is 24.2 Å². The largest absolute Gasteiger partial charge is 0.452 e. The summed E-state index contributed by atoms with van der Waals surface area (Å²) in [5, 5.41) is 0. The molecule has 0 radical (unpaired) electrons. The first-order valence-electron chi connectivity index (χ1n) is 8.80. The Morgan fingerprint density at radius 2 is 1.96 bits per heavy atom. The second-order valence-corrected chi connectivity index (χ2v) is 9.91. The second-order valence-electron chi connectivity index (χ2n) is 6.57. The molecule has 148 valence electrons. The maximum Gasteiger partial charge on any atom is 0.331 e. The van der Waals surface area contributed by atoms with Gasteiger partial charge in [-0.15, -0.1) is 11.3 Å². The Hall–Kier alpha value is -2.45. The minimum atomic E-state index is -3.07. The zero-order valence-electron chi connectivity index (χ0n) is 15.4. The van der Waals surface area contributed by atoms with Gasteiger partial charge in [0.2, 0.25) is 0 Å². The van der Waals surface area contributed by atoms with Crippen LogP contribution < -0.4 is 0 Å². The molecule has 28 heavy (non-hydrogen) atoms. The van der Waals surface area contributed by atoms with Gasteiger partial charge in [-0.2, -0.15) is 0 Å². The van der Waals surface area contributed by atoms with Crippen molar-refractivity contribution in [2.75, 3.05) is 25.2 Å². The normalized spacial score (nSPS) is 18.2. The van der Waals surface area contributed by atoms with Crippen molar-refractivity contribution in [2.24, 2.45) is 0 Å². The summed E-state index contributed by atoms with van der Waals surface area (Å²) in [5.41, 5.74) is 1.11. The minimum absolute atomic E-state index is 0.0365. The van der Waals surface area contributed by atoms with E-state index in [4.69, 9.17) is 4.74 Å². The van der Waals surface area contributed by atoms with Crippen LogP contribution in [0.2, 0.25) is 0 Å². The summed E-state index contributed by atoms with van der Waals surface area (Å²) in [7, 11) is -1.54. The molecule has 0 aliphatic carbocycles. The molecule has 0 N–H and O–H groups in total. The van der Waals surface area contributed by atoms with Crippen molar-refractivity contribution in [3.8, 4) is 10.4 Å². The Morgan fingerprint density at radius 1 is 1.21 bits per heavy atom. The first-order valence-corrected chi connectivity index (χ1v) is 11.4. The average Bonchev–Trinajstić information content (AvgIpc) is 3.30. The number of hydrogen-bond acceptors (Lipinski definition) is 6. The summed E-state index contributed by atoms with van der Waals surface area (Å²) in [4.78, 5) is 27.3. The molecule has 8 heteroatoms. The molecule has 1 fully saturated rings. The highest BCUT2D eigenvalue weighted by atomic mass is 32.2. The summed E-state index contributed by atoms with van der Waals surface area (Å²) in [6, 6.07) is 13.5. The van der Waals surface area contributed by atoms with Gasteiger partial charge < -0.3 is 9.64 Å². The molecule has 6 nitrogen and oxygen atoms in total. The molecule has 1 amide bonds. The predicted octanol–water partition coefficient (Wildman–Crippen LogP) is 2.62. The number of carbonyl (C=O) groups excluding carboxylic acids is 2. The van der Waals surface area contributed by atoms with Gasteiger partial charge in [0.1, 0.15) is 0 Å². The summed E-state index contributed by atoms with van der Waals surface area (Å²) in [6.07, 6.45) is 3.35. The Bertz CT molecular complexity index is 979. The van der Waals surface area contributed by atoms with Crippen molar-refractivity contribution in [3.63, 3.8) is 0 Å². The summed E-state index contributed by atoms with van der Waals surface area (Å²) >= 11 is 1.55. The van der Waals surface area contributed by atoms with Gasteiger partial charge in [0, 0.05) is 28.9 Å². The maximum absolute atomic E-state index is 12.1. The van der Waals surface area contributed by atoms with E-state index in [1.165, 1.54) is 18.0 Å². The number of esters is 1. The Labute approximate surface area is 168 Å². The third-order valence-electron chi connectivity index (χ3n) is 4.56. The van der Waals surface area contributed by atoms with Crippen molar-refractivity contribution >= 4 is 39.1 Å². The number of likely N-dealkylation sites (N-methyl/N-ethyl adjacent to an activating group) is 1. The van der Waals surface area contributed by atoms with E-state index >= 15 is 0 Å². The number of hydrogen-bond donors (Lipinski definition) is 0. The van der Waals surface area contributed by atoms with E-state index in [2.05, 4.69) is 0 Å².